The molecule has 18 heavy (non-hydrogen) atoms. The first kappa shape index (κ1) is 17.7. The van der Waals surface area contributed by atoms with Crippen LogP contribution in [0.2, 0.25) is 0 Å². The highest BCUT2D eigenvalue weighted by molar-refractivity contribution is 5.85. The summed E-state index contributed by atoms with van der Waals surface area (Å²) in [5, 5.41) is 6.59. The highest BCUT2D eigenvalue weighted by atomic mass is 35.5. The van der Waals surface area contributed by atoms with Crippen LogP contribution in [0.1, 0.15) is 47.5 Å². The molecule has 0 radical (unpaired) electrons. The summed E-state index contributed by atoms with van der Waals surface area (Å²) in [5.74, 6) is 1.30. The number of rotatable bonds is 4. The van der Waals surface area contributed by atoms with Crippen LogP contribution in [-0.2, 0) is 4.79 Å². The number of hydrogen-bond donors (Lipinski definition) is 2. The van der Waals surface area contributed by atoms with Gasteiger partial charge in [0, 0.05) is 11.5 Å². The lowest BCUT2D eigenvalue weighted by molar-refractivity contribution is -0.131. The standard InChI is InChI=1S/C14H28N2O.ClH/c1-10(2)8-14(4,5)13(17)16-12-6-7-15-9-11(12)3;/h10-12,15H,6-9H2,1-5H3,(H,16,17);1H. The molecule has 1 heterocycles. The second-order valence-corrected chi connectivity index (χ2v) is 6.53. The number of nitrogens with one attached hydrogen (secondary N) is 2. The van der Waals surface area contributed by atoms with Gasteiger partial charge in [-0.1, -0.05) is 34.6 Å². The Bertz CT molecular complexity index is 267. The van der Waals surface area contributed by atoms with Gasteiger partial charge in [0.1, 0.15) is 0 Å². The van der Waals surface area contributed by atoms with Gasteiger partial charge in [-0.15, -0.1) is 12.4 Å². The minimum absolute atomic E-state index is 0. The Kier molecular flexibility index (Phi) is 7.23. The second kappa shape index (κ2) is 7.34. The molecular weight excluding hydrogens is 248 g/mol. The molecule has 0 aliphatic carbocycles. The third kappa shape index (κ3) is 5.15. The molecule has 1 aliphatic heterocycles. The minimum Gasteiger partial charge on any atom is -0.353 e. The molecule has 2 atom stereocenters. The molecule has 108 valence electrons. The predicted molar refractivity (Wildman–Crippen MR) is 79.1 cm³/mol. The third-order valence-corrected chi connectivity index (χ3v) is 3.64. The molecule has 3 nitrogen and oxygen atoms in total. The fourth-order valence-corrected chi connectivity index (χ4v) is 2.71. The van der Waals surface area contributed by atoms with E-state index in [2.05, 4.69) is 31.4 Å². The van der Waals surface area contributed by atoms with Crippen molar-refractivity contribution in [1.29, 1.82) is 0 Å². The summed E-state index contributed by atoms with van der Waals surface area (Å²) in [5.41, 5.74) is -0.251. The zero-order valence-corrected chi connectivity index (χ0v) is 13.2. The first-order valence-corrected chi connectivity index (χ1v) is 6.84. The topological polar surface area (TPSA) is 41.1 Å². The van der Waals surface area contributed by atoms with Crippen LogP contribution in [0.15, 0.2) is 0 Å². The van der Waals surface area contributed by atoms with Gasteiger partial charge in [0.2, 0.25) is 5.91 Å². The number of carbonyl (C=O) groups excluding carboxylic acids is 1. The fourth-order valence-electron chi connectivity index (χ4n) is 2.71. The van der Waals surface area contributed by atoms with Crippen LogP contribution in [0.4, 0.5) is 0 Å². The third-order valence-electron chi connectivity index (χ3n) is 3.64. The van der Waals surface area contributed by atoms with Crippen molar-refractivity contribution in [3.8, 4) is 0 Å². The van der Waals surface area contributed by atoms with Crippen LogP contribution in [0.25, 0.3) is 0 Å². The normalized spacial score (nSPS) is 24.6. The lowest BCUT2D eigenvalue weighted by Gasteiger charge is -2.34. The highest BCUT2D eigenvalue weighted by Crippen LogP contribution is 2.26. The van der Waals surface area contributed by atoms with Crippen molar-refractivity contribution in [3.05, 3.63) is 0 Å². The van der Waals surface area contributed by atoms with Gasteiger partial charge in [-0.3, -0.25) is 4.79 Å². The van der Waals surface area contributed by atoms with Crippen molar-refractivity contribution >= 4 is 18.3 Å². The van der Waals surface area contributed by atoms with Gasteiger partial charge in [-0.05, 0) is 37.8 Å². The highest BCUT2D eigenvalue weighted by Gasteiger charge is 2.31. The molecule has 1 saturated heterocycles. The molecule has 4 heteroatoms. The lowest BCUT2D eigenvalue weighted by atomic mass is 9.82. The fraction of sp³-hybridized carbons (Fsp3) is 0.929. The summed E-state index contributed by atoms with van der Waals surface area (Å²) in [6.45, 7) is 12.7. The minimum atomic E-state index is -0.251. The maximum atomic E-state index is 12.3. The Labute approximate surface area is 118 Å². The number of piperidine rings is 1. The van der Waals surface area contributed by atoms with Crippen molar-refractivity contribution in [2.75, 3.05) is 13.1 Å². The number of hydrogen-bond acceptors (Lipinski definition) is 2. The van der Waals surface area contributed by atoms with E-state index in [4.69, 9.17) is 0 Å². The second-order valence-electron chi connectivity index (χ2n) is 6.53. The van der Waals surface area contributed by atoms with Crippen LogP contribution in [0, 0.1) is 17.3 Å². The monoisotopic (exact) mass is 276 g/mol. The van der Waals surface area contributed by atoms with Crippen LogP contribution < -0.4 is 10.6 Å². The Morgan fingerprint density at radius 1 is 1.44 bits per heavy atom. The lowest BCUT2D eigenvalue weighted by Crippen LogP contribution is -2.51. The molecule has 0 aromatic rings. The number of carbonyl (C=O) groups is 1. The van der Waals surface area contributed by atoms with Crippen molar-refractivity contribution in [2.24, 2.45) is 17.3 Å². The van der Waals surface area contributed by atoms with Gasteiger partial charge in [0.05, 0.1) is 0 Å². The van der Waals surface area contributed by atoms with Gasteiger partial charge in [0.15, 0.2) is 0 Å². The average molecular weight is 277 g/mol. The van der Waals surface area contributed by atoms with Gasteiger partial charge >= 0.3 is 0 Å². The number of amides is 1. The summed E-state index contributed by atoms with van der Waals surface area (Å²) >= 11 is 0. The van der Waals surface area contributed by atoms with Crippen LogP contribution in [0.3, 0.4) is 0 Å². The van der Waals surface area contributed by atoms with E-state index in [0.29, 0.717) is 17.9 Å². The van der Waals surface area contributed by atoms with Gasteiger partial charge in [0.25, 0.3) is 0 Å². The Morgan fingerprint density at radius 3 is 2.56 bits per heavy atom. The molecule has 0 aromatic heterocycles. The Balaban J connectivity index is 0.00000289. The van der Waals surface area contributed by atoms with E-state index in [0.717, 1.165) is 25.9 Å². The molecular formula is C14H29ClN2O. The molecule has 0 spiro atoms. The van der Waals surface area contributed by atoms with Crippen LogP contribution >= 0.6 is 12.4 Å². The molecule has 0 bridgehead atoms. The van der Waals surface area contributed by atoms with E-state index in [1.54, 1.807) is 0 Å². The Morgan fingerprint density at radius 2 is 2.06 bits per heavy atom. The first-order chi connectivity index (χ1) is 7.83. The van der Waals surface area contributed by atoms with E-state index < -0.39 is 0 Å². The van der Waals surface area contributed by atoms with Crippen molar-refractivity contribution < 1.29 is 4.79 Å². The predicted octanol–water partition coefficient (Wildman–Crippen LogP) is 2.59. The van der Waals surface area contributed by atoms with E-state index in [-0.39, 0.29) is 23.7 Å². The molecule has 1 aliphatic rings. The van der Waals surface area contributed by atoms with Crippen molar-refractivity contribution in [3.63, 3.8) is 0 Å². The number of halogens is 1. The van der Waals surface area contributed by atoms with Crippen molar-refractivity contribution in [2.45, 2.75) is 53.5 Å². The van der Waals surface area contributed by atoms with Crippen LogP contribution in [0.5, 0.6) is 0 Å². The van der Waals surface area contributed by atoms with E-state index >= 15 is 0 Å². The summed E-state index contributed by atoms with van der Waals surface area (Å²) < 4.78 is 0. The van der Waals surface area contributed by atoms with Gasteiger partial charge in [-0.2, -0.15) is 0 Å². The molecule has 0 aromatic carbocycles. The first-order valence-electron chi connectivity index (χ1n) is 6.84. The Hall–Kier alpha value is -0.280. The van der Waals surface area contributed by atoms with Gasteiger partial charge < -0.3 is 10.6 Å². The molecule has 0 saturated carbocycles. The average Bonchev–Trinajstić information content (AvgIpc) is 2.19. The van der Waals surface area contributed by atoms with E-state index in [1.165, 1.54) is 0 Å². The molecule has 1 amide bonds. The molecule has 1 fully saturated rings. The maximum absolute atomic E-state index is 12.3. The van der Waals surface area contributed by atoms with E-state index in [1.807, 2.05) is 13.8 Å². The molecule has 1 rings (SSSR count). The summed E-state index contributed by atoms with van der Waals surface area (Å²) in [6, 6.07) is 0.343. The van der Waals surface area contributed by atoms with E-state index in [9.17, 15) is 4.79 Å². The molecule has 2 unspecified atom stereocenters. The zero-order valence-electron chi connectivity index (χ0n) is 12.4. The maximum Gasteiger partial charge on any atom is 0.225 e. The van der Waals surface area contributed by atoms with Gasteiger partial charge in [-0.25, -0.2) is 0 Å². The largest absolute Gasteiger partial charge is 0.353 e. The van der Waals surface area contributed by atoms with Crippen molar-refractivity contribution in [1.82, 2.24) is 10.6 Å². The summed E-state index contributed by atoms with van der Waals surface area (Å²) in [7, 11) is 0. The molecule has 2 N–H and O–H groups in total. The SMILES string of the molecule is CC(C)CC(C)(C)C(=O)NC1CCNCC1C.Cl. The summed E-state index contributed by atoms with van der Waals surface area (Å²) in [6.07, 6.45) is 1.99. The quantitative estimate of drug-likeness (QED) is 0.829. The summed E-state index contributed by atoms with van der Waals surface area (Å²) in [4.78, 5) is 12.3. The van der Waals surface area contributed by atoms with Crippen LogP contribution in [-0.4, -0.2) is 25.0 Å². The smallest absolute Gasteiger partial charge is 0.225 e. The zero-order chi connectivity index (χ0) is 13.1.